The fourth-order valence-corrected chi connectivity index (χ4v) is 1.20. The van der Waals surface area contributed by atoms with Crippen molar-refractivity contribution in [3.8, 4) is 0 Å². The van der Waals surface area contributed by atoms with E-state index in [0.29, 0.717) is 0 Å². The molecule has 1 nitrogen and oxygen atoms in total. The van der Waals surface area contributed by atoms with Crippen LogP contribution in [0.1, 0.15) is 11.1 Å². The van der Waals surface area contributed by atoms with Gasteiger partial charge in [-0.2, -0.15) is 0 Å². The maximum absolute atomic E-state index is 2.20. The van der Waals surface area contributed by atoms with E-state index in [1.54, 1.807) is 0 Å². The Morgan fingerprint density at radius 3 is 2.31 bits per heavy atom. The summed E-state index contributed by atoms with van der Waals surface area (Å²) in [6.45, 7) is 0. The van der Waals surface area contributed by atoms with Crippen LogP contribution in [-0.2, 0) is 6.42 Å². The Hall–Kier alpha value is -1.08. The normalized spacial score (nSPS) is 12.3. The van der Waals surface area contributed by atoms with Crippen molar-refractivity contribution in [3.05, 3.63) is 41.5 Å². The molecule has 0 aliphatic heterocycles. The molecule has 1 aliphatic rings. The van der Waals surface area contributed by atoms with E-state index in [2.05, 4.69) is 36.4 Å². The zero-order valence-corrected chi connectivity index (χ0v) is 8.62. The molecule has 0 fully saturated rings. The fraction of sp³-hybridized carbons (Fsp3) is 0.333. The molecule has 0 saturated heterocycles. The molecule has 0 aromatic heterocycles. The molecular formula is C12H17N. The Morgan fingerprint density at radius 2 is 1.69 bits per heavy atom. The molecule has 70 valence electrons. The topological polar surface area (TPSA) is 3.24 Å². The summed E-state index contributed by atoms with van der Waals surface area (Å²) in [6, 6.07) is 8.49. The van der Waals surface area contributed by atoms with Crippen LogP contribution in [-0.4, -0.2) is 26.0 Å². The number of benzene rings is 1. The van der Waals surface area contributed by atoms with Crippen LogP contribution >= 0.6 is 0 Å². The first-order chi connectivity index (χ1) is 6.20. The molecule has 0 radical (unpaired) electrons. The van der Waals surface area contributed by atoms with Gasteiger partial charge in [0.1, 0.15) is 0 Å². The second-order valence-corrected chi connectivity index (χ2v) is 3.65. The maximum atomic E-state index is 2.20. The molecule has 13 heavy (non-hydrogen) atoms. The Morgan fingerprint density at radius 1 is 1.08 bits per heavy atom. The third-order valence-electron chi connectivity index (χ3n) is 1.69. The molecule has 1 aliphatic carbocycles. The van der Waals surface area contributed by atoms with E-state index in [1.165, 1.54) is 11.1 Å². The van der Waals surface area contributed by atoms with Gasteiger partial charge in [-0.1, -0.05) is 36.4 Å². The van der Waals surface area contributed by atoms with Crippen LogP contribution in [0.15, 0.2) is 30.3 Å². The van der Waals surface area contributed by atoms with Gasteiger partial charge in [-0.25, -0.2) is 0 Å². The van der Waals surface area contributed by atoms with E-state index in [1.807, 2.05) is 26.0 Å². The third-order valence-corrected chi connectivity index (χ3v) is 1.69. The van der Waals surface area contributed by atoms with Crippen LogP contribution in [0, 0.1) is 0 Å². The molecule has 2 rings (SSSR count). The Kier molecular flexibility index (Phi) is 3.71. The van der Waals surface area contributed by atoms with E-state index in [4.69, 9.17) is 0 Å². The van der Waals surface area contributed by atoms with Crippen LogP contribution in [0.3, 0.4) is 0 Å². The summed E-state index contributed by atoms with van der Waals surface area (Å²) in [6.07, 6.45) is 5.50. The summed E-state index contributed by atoms with van der Waals surface area (Å²) in [5.41, 5.74) is 2.84. The first kappa shape index (κ1) is 10.0. The van der Waals surface area contributed by atoms with Crippen molar-refractivity contribution in [2.24, 2.45) is 0 Å². The highest BCUT2D eigenvalue weighted by molar-refractivity contribution is 5.59. The minimum absolute atomic E-state index is 1.12. The van der Waals surface area contributed by atoms with Crippen molar-refractivity contribution in [2.75, 3.05) is 21.1 Å². The summed E-state index contributed by atoms with van der Waals surface area (Å²) < 4.78 is 0. The molecule has 1 aromatic rings. The summed E-state index contributed by atoms with van der Waals surface area (Å²) in [4.78, 5) is 2.00. The highest BCUT2D eigenvalue weighted by atomic mass is 15.0. The maximum Gasteiger partial charge on any atom is -0.00882 e. The lowest BCUT2D eigenvalue weighted by Crippen LogP contribution is -1.99. The Bertz CT molecular complexity index is 284. The molecule has 0 atom stereocenters. The average molecular weight is 175 g/mol. The van der Waals surface area contributed by atoms with Gasteiger partial charge < -0.3 is 4.90 Å². The molecule has 0 N–H and O–H groups in total. The van der Waals surface area contributed by atoms with Gasteiger partial charge in [0.15, 0.2) is 0 Å². The monoisotopic (exact) mass is 175 g/mol. The number of fused-ring (bicyclic) bond motifs is 1. The van der Waals surface area contributed by atoms with Gasteiger partial charge >= 0.3 is 0 Å². The Balaban J connectivity index is 0.000000184. The van der Waals surface area contributed by atoms with Crippen molar-refractivity contribution >= 4 is 6.08 Å². The smallest absolute Gasteiger partial charge is 0.00882 e. The molecular weight excluding hydrogens is 158 g/mol. The largest absolute Gasteiger partial charge is 0.312 e. The second kappa shape index (κ2) is 4.83. The van der Waals surface area contributed by atoms with Gasteiger partial charge in [0.2, 0.25) is 0 Å². The van der Waals surface area contributed by atoms with Gasteiger partial charge in [0.05, 0.1) is 0 Å². The van der Waals surface area contributed by atoms with E-state index in [-0.39, 0.29) is 0 Å². The minimum Gasteiger partial charge on any atom is -0.312 e. The summed E-state index contributed by atoms with van der Waals surface area (Å²) in [5.74, 6) is 0. The average Bonchev–Trinajstić information content (AvgIpc) is 2.49. The lowest BCUT2D eigenvalue weighted by molar-refractivity contribution is 0.505. The van der Waals surface area contributed by atoms with Crippen LogP contribution in [0.2, 0.25) is 0 Å². The number of nitrogens with zero attached hydrogens (tertiary/aromatic N) is 1. The fourth-order valence-electron chi connectivity index (χ4n) is 1.20. The van der Waals surface area contributed by atoms with Gasteiger partial charge in [-0.3, -0.25) is 0 Å². The van der Waals surface area contributed by atoms with Crippen molar-refractivity contribution in [1.29, 1.82) is 0 Å². The van der Waals surface area contributed by atoms with Crippen LogP contribution < -0.4 is 0 Å². The van der Waals surface area contributed by atoms with Crippen LogP contribution in [0.4, 0.5) is 0 Å². The predicted molar refractivity (Wildman–Crippen MR) is 58.8 cm³/mol. The van der Waals surface area contributed by atoms with Gasteiger partial charge in [-0.15, -0.1) is 0 Å². The number of allylic oxidation sites excluding steroid dienone is 1. The van der Waals surface area contributed by atoms with E-state index >= 15 is 0 Å². The van der Waals surface area contributed by atoms with E-state index in [9.17, 15) is 0 Å². The molecule has 0 saturated carbocycles. The van der Waals surface area contributed by atoms with Crippen LogP contribution in [0.25, 0.3) is 6.08 Å². The van der Waals surface area contributed by atoms with E-state index < -0.39 is 0 Å². The standard InChI is InChI=1S/C9H8.C3H9N/c1-2-5-9-7-3-6-8(9)4-1;1-4(2)3/h1-6H,7H2;1-3H3. The quantitative estimate of drug-likeness (QED) is 0.585. The molecule has 0 bridgehead atoms. The SMILES string of the molecule is C1=Cc2ccccc2C1.CN(C)C. The number of hydrogen-bond acceptors (Lipinski definition) is 1. The Labute approximate surface area is 80.7 Å². The lowest BCUT2D eigenvalue weighted by Gasteiger charge is -1.93. The molecule has 0 heterocycles. The minimum atomic E-state index is 1.12. The lowest BCUT2D eigenvalue weighted by atomic mass is 10.1. The molecule has 0 spiro atoms. The second-order valence-electron chi connectivity index (χ2n) is 3.65. The van der Waals surface area contributed by atoms with Gasteiger partial charge in [0.25, 0.3) is 0 Å². The zero-order chi connectivity index (χ0) is 9.68. The number of hydrogen-bond donors (Lipinski definition) is 0. The first-order valence-corrected chi connectivity index (χ1v) is 4.55. The first-order valence-electron chi connectivity index (χ1n) is 4.55. The molecule has 0 unspecified atom stereocenters. The van der Waals surface area contributed by atoms with Crippen molar-refractivity contribution in [1.82, 2.24) is 4.90 Å². The highest BCUT2D eigenvalue weighted by Crippen LogP contribution is 2.17. The van der Waals surface area contributed by atoms with Crippen molar-refractivity contribution in [2.45, 2.75) is 6.42 Å². The van der Waals surface area contributed by atoms with E-state index in [0.717, 1.165) is 6.42 Å². The van der Waals surface area contributed by atoms with Crippen molar-refractivity contribution in [3.63, 3.8) is 0 Å². The highest BCUT2D eigenvalue weighted by Gasteiger charge is 2.00. The predicted octanol–water partition coefficient (Wildman–Crippen LogP) is 2.43. The third kappa shape index (κ3) is 3.43. The van der Waals surface area contributed by atoms with Gasteiger partial charge in [0, 0.05) is 0 Å². The number of rotatable bonds is 0. The summed E-state index contributed by atoms with van der Waals surface area (Å²) >= 11 is 0. The van der Waals surface area contributed by atoms with Crippen molar-refractivity contribution < 1.29 is 0 Å². The van der Waals surface area contributed by atoms with Gasteiger partial charge in [-0.05, 0) is 38.7 Å². The molecule has 0 amide bonds. The molecule has 1 heteroatoms. The van der Waals surface area contributed by atoms with Crippen LogP contribution in [0.5, 0.6) is 0 Å². The summed E-state index contributed by atoms with van der Waals surface area (Å²) in [5, 5.41) is 0. The zero-order valence-electron chi connectivity index (χ0n) is 8.62. The molecule has 1 aromatic carbocycles. The summed E-state index contributed by atoms with van der Waals surface area (Å²) in [7, 11) is 6.00.